The van der Waals surface area contributed by atoms with Gasteiger partial charge in [-0.2, -0.15) is 0 Å². The SMILES string of the molecule is O=C(O)c1cccc2c1OCCN2C(=O)C1CCNCC1. The van der Waals surface area contributed by atoms with Gasteiger partial charge in [-0.15, -0.1) is 0 Å². The van der Waals surface area contributed by atoms with Crippen molar-refractivity contribution in [3.63, 3.8) is 0 Å². The van der Waals surface area contributed by atoms with Crippen LogP contribution in [0.4, 0.5) is 5.69 Å². The van der Waals surface area contributed by atoms with Gasteiger partial charge in [0, 0.05) is 5.92 Å². The molecular weight excluding hydrogens is 272 g/mol. The fraction of sp³-hybridized carbons (Fsp3) is 0.467. The van der Waals surface area contributed by atoms with Gasteiger partial charge in [0.2, 0.25) is 5.91 Å². The van der Waals surface area contributed by atoms with E-state index in [1.807, 2.05) is 0 Å². The Morgan fingerprint density at radius 2 is 2.05 bits per heavy atom. The number of amides is 1. The number of carbonyl (C=O) groups is 2. The lowest BCUT2D eigenvalue weighted by Gasteiger charge is -2.34. The first-order valence-electron chi connectivity index (χ1n) is 7.19. The summed E-state index contributed by atoms with van der Waals surface area (Å²) >= 11 is 0. The molecule has 1 aromatic rings. The van der Waals surface area contributed by atoms with Crippen LogP contribution in [0.3, 0.4) is 0 Å². The number of carboxylic acids is 1. The molecule has 6 heteroatoms. The number of anilines is 1. The fourth-order valence-electron chi connectivity index (χ4n) is 2.94. The van der Waals surface area contributed by atoms with Crippen molar-refractivity contribution >= 4 is 17.6 Å². The molecule has 6 nitrogen and oxygen atoms in total. The van der Waals surface area contributed by atoms with E-state index in [0.717, 1.165) is 25.9 Å². The molecule has 0 unspecified atom stereocenters. The number of hydrogen-bond donors (Lipinski definition) is 2. The lowest BCUT2D eigenvalue weighted by molar-refractivity contribution is -0.123. The number of aromatic carboxylic acids is 1. The molecule has 0 bridgehead atoms. The number of nitrogens with zero attached hydrogens (tertiary/aromatic N) is 1. The predicted octanol–water partition coefficient (Wildman–Crippen LogP) is 1.11. The third-order valence-corrected chi connectivity index (χ3v) is 4.03. The number of fused-ring (bicyclic) bond motifs is 1. The van der Waals surface area contributed by atoms with Crippen molar-refractivity contribution < 1.29 is 19.4 Å². The molecule has 21 heavy (non-hydrogen) atoms. The van der Waals surface area contributed by atoms with Crippen LogP contribution in [0.2, 0.25) is 0 Å². The largest absolute Gasteiger partial charge is 0.489 e. The number of para-hydroxylation sites is 1. The third-order valence-electron chi connectivity index (χ3n) is 4.03. The van der Waals surface area contributed by atoms with E-state index in [1.165, 1.54) is 6.07 Å². The van der Waals surface area contributed by atoms with Crippen molar-refractivity contribution in [2.75, 3.05) is 31.1 Å². The lowest BCUT2D eigenvalue weighted by Crippen LogP contribution is -2.44. The highest BCUT2D eigenvalue weighted by atomic mass is 16.5. The molecule has 1 fully saturated rings. The Morgan fingerprint density at radius 1 is 1.29 bits per heavy atom. The van der Waals surface area contributed by atoms with E-state index in [-0.39, 0.29) is 17.4 Å². The zero-order chi connectivity index (χ0) is 14.8. The molecule has 0 saturated carbocycles. The van der Waals surface area contributed by atoms with Crippen LogP contribution in [-0.2, 0) is 4.79 Å². The van der Waals surface area contributed by atoms with Crippen LogP contribution in [0, 0.1) is 5.92 Å². The first-order chi connectivity index (χ1) is 10.2. The number of ether oxygens (including phenoxy) is 1. The molecule has 0 atom stereocenters. The molecule has 2 aliphatic heterocycles. The van der Waals surface area contributed by atoms with E-state index in [1.54, 1.807) is 17.0 Å². The summed E-state index contributed by atoms with van der Waals surface area (Å²) in [6, 6.07) is 4.90. The highest BCUT2D eigenvalue weighted by Gasteiger charge is 2.32. The molecule has 0 radical (unpaired) electrons. The summed E-state index contributed by atoms with van der Waals surface area (Å²) in [5.41, 5.74) is 0.681. The van der Waals surface area contributed by atoms with Crippen LogP contribution >= 0.6 is 0 Å². The smallest absolute Gasteiger partial charge is 0.339 e. The van der Waals surface area contributed by atoms with Crippen molar-refractivity contribution in [2.45, 2.75) is 12.8 Å². The molecule has 0 aromatic heterocycles. The number of rotatable bonds is 2. The van der Waals surface area contributed by atoms with Gasteiger partial charge in [0.25, 0.3) is 0 Å². The number of carboxylic acid groups (broad SMARTS) is 1. The van der Waals surface area contributed by atoms with Crippen molar-refractivity contribution in [2.24, 2.45) is 5.92 Å². The van der Waals surface area contributed by atoms with Gasteiger partial charge in [0.05, 0.1) is 12.2 Å². The summed E-state index contributed by atoms with van der Waals surface area (Å²) in [6.45, 7) is 2.50. The molecule has 1 aromatic carbocycles. The highest BCUT2D eigenvalue weighted by molar-refractivity contribution is 6.00. The van der Waals surface area contributed by atoms with Crippen LogP contribution in [0.1, 0.15) is 23.2 Å². The predicted molar refractivity (Wildman–Crippen MR) is 76.8 cm³/mol. The van der Waals surface area contributed by atoms with Gasteiger partial charge in [0.15, 0.2) is 5.75 Å². The van der Waals surface area contributed by atoms with Crippen molar-refractivity contribution in [3.05, 3.63) is 23.8 Å². The Hall–Kier alpha value is -2.08. The minimum atomic E-state index is -1.04. The zero-order valence-corrected chi connectivity index (χ0v) is 11.7. The second-order valence-corrected chi connectivity index (χ2v) is 5.32. The summed E-state index contributed by atoms with van der Waals surface area (Å²) in [5, 5.41) is 12.5. The summed E-state index contributed by atoms with van der Waals surface area (Å²) in [5.74, 6) is -0.657. The molecule has 2 aliphatic rings. The summed E-state index contributed by atoms with van der Waals surface area (Å²) < 4.78 is 5.50. The first kappa shape index (κ1) is 13.9. The molecule has 2 N–H and O–H groups in total. The second kappa shape index (κ2) is 5.73. The standard InChI is InChI=1S/C15H18N2O4/c18-14(10-4-6-16-7-5-10)17-8-9-21-13-11(15(19)20)2-1-3-12(13)17/h1-3,10,16H,4-9H2,(H,19,20). The number of carbonyl (C=O) groups excluding carboxylic acids is 1. The zero-order valence-electron chi connectivity index (χ0n) is 11.7. The maximum absolute atomic E-state index is 12.7. The van der Waals surface area contributed by atoms with Gasteiger partial charge >= 0.3 is 5.97 Å². The Bertz CT molecular complexity index is 567. The topological polar surface area (TPSA) is 78.9 Å². The normalized spacial score (nSPS) is 18.8. The number of piperidine rings is 1. The number of hydrogen-bond acceptors (Lipinski definition) is 4. The van der Waals surface area contributed by atoms with Gasteiger partial charge in [-0.3, -0.25) is 4.79 Å². The molecular formula is C15H18N2O4. The first-order valence-corrected chi connectivity index (χ1v) is 7.19. The van der Waals surface area contributed by atoms with Crippen LogP contribution in [-0.4, -0.2) is 43.2 Å². The highest BCUT2D eigenvalue weighted by Crippen LogP contribution is 2.36. The third kappa shape index (κ3) is 2.58. The average Bonchev–Trinajstić information content (AvgIpc) is 2.53. The number of nitrogens with one attached hydrogen (secondary N) is 1. The molecule has 1 amide bonds. The van der Waals surface area contributed by atoms with Crippen LogP contribution < -0.4 is 15.0 Å². The Kier molecular flexibility index (Phi) is 3.79. The lowest BCUT2D eigenvalue weighted by atomic mass is 9.96. The monoisotopic (exact) mass is 290 g/mol. The quantitative estimate of drug-likeness (QED) is 0.853. The van der Waals surface area contributed by atoms with Gasteiger partial charge < -0.3 is 20.1 Å². The van der Waals surface area contributed by atoms with Gasteiger partial charge in [-0.05, 0) is 38.1 Å². The van der Waals surface area contributed by atoms with Crippen molar-refractivity contribution in [3.8, 4) is 5.75 Å². The summed E-state index contributed by atoms with van der Waals surface area (Å²) in [7, 11) is 0. The maximum Gasteiger partial charge on any atom is 0.339 e. The van der Waals surface area contributed by atoms with Gasteiger partial charge in [0.1, 0.15) is 12.2 Å². The molecule has 3 rings (SSSR count). The molecule has 1 saturated heterocycles. The van der Waals surface area contributed by atoms with E-state index in [0.29, 0.717) is 24.6 Å². The van der Waals surface area contributed by atoms with E-state index >= 15 is 0 Å². The van der Waals surface area contributed by atoms with E-state index in [4.69, 9.17) is 4.74 Å². The maximum atomic E-state index is 12.7. The minimum Gasteiger partial charge on any atom is -0.489 e. The van der Waals surface area contributed by atoms with Crippen molar-refractivity contribution in [1.29, 1.82) is 0 Å². The second-order valence-electron chi connectivity index (χ2n) is 5.32. The Balaban J connectivity index is 1.91. The Morgan fingerprint density at radius 3 is 2.76 bits per heavy atom. The number of benzene rings is 1. The van der Waals surface area contributed by atoms with Crippen molar-refractivity contribution in [1.82, 2.24) is 5.32 Å². The van der Waals surface area contributed by atoms with Gasteiger partial charge in [-0.1, -0.05) is 6.07 Å². The molecule has 0 spiro atoms. The molecule has 2 heterocycles. The fourth-order valence-corrected chi connectivity index (χ4v) is 2.94. The van der Waals surface area contributed by atoms with E-state index < -0.39 is 5.97 Å². The van der Waals surface area contributed by atoms with Crippen LogP contribution in [0.15, 0.2) is 18.2 Å². The minimum absolute atomic E-state index is 0.00526. The Labute approximate surface area is 122 Å². The van der Waals surface area contributed by atoms with Crippen LogP contribution in [0.5, 0.6) is 5.75 Å². The molecule has 112 valence electrons. The van der Waals surface area contributed by atoms with Crippen LogP contribution in [0.25, 0.3) is 0 Å². The summed E-state index contributed by atoms with van der Waals surface area (Å²) in [4.78, 5) is 25.6. The average molecular weight is 290 g/mol. The molecule has 0 aliphatic carbocycles. The summed E-state index contributed by atoms with van der Waals surface area (Å²) in [6.07, 6.45) is 1.65. The van der Waals surface area contributed by atoms with E-state index in [9.17, 15) is 14.7 Å². The van der Waals surface area contributed by atoms with Gasteiger partial charge in [-0.25, -0.2) is 4.79 Å². The van der Waals surface area contributed by atoms with E-state index in [2.05, 4.69) is 5.32 Å².